The summed E-state index contributed by atoms with van der Waals surface area (Å²) in [7, 11) is 1.60. The average molecular weight is 397 g/mol. The number of hydrogen-bond acceptors (Lipinski definition) is 6. The van der Waals surface area contributed by atoms with E-state index in [0.29, 0.717) is 35.8 Å². The maximum absolute atomic E-state index is 13.1. The van der Waals surface area contributed by atoms with E-state index in [9.17, 15) is 4.79 Å². The van der Waals surface area contributed by atoms with Gasteiger partial charge in [-0.25, -0.2) is 0 Å². The number of carbonyl (C=O) groups is 1. The quantitative estimate of drug-likeness (QED) is 0.581. The number of benzene rings is 2. The lowest BCUT2D eigenvalue weighted by Gasteiger charge is -2.26. The van der Waals surface area contributed by atoms with Crippen molar-refractivity contribution in [3.05, 3.63) is 41.5 Å². The summed E-state index contributed by atoms with van der Waals surface area (Å²) < 4.78 is 22.9. The lowest BCUT2D eigenvalue weighted by atomic mass is 10.0. The van der Waals surface area contributed by atoms with Gasteiger partial charge < -0.3 is 18.9 Å². The van der Waals surface area contributed by atoms with Gasteiger partial charge in [0.05, 0.1) is 26.9 Å². The second kappa shape index (κ2) is 8.84. The fourth-order valence-electron chi connectivity index (χ4n) is 3.82. The first-order chi connectivity index (χ1) is 14.2. The molecule has 0 bridgehead atoms. The summed E-state index contributed by atoms with van der Waals surface area (Å²) in [4.78, 5) is 15.4. The van der Waals surface area contributed by atoms with E-state index in [2.05, 4.69) is 11.8 Å². The first-order valence-electron chi connectivity index (χ1n) is 10.2. The molecule has 2 aromatic carbocycles. The monoisotopic (exact) mass is 397 g/mol. The Morgan fingerprint density at radius 1 is 1.00 bits per heavy atom. The fourth-order valence-corrected chi connectivity index (χ4v) is 3.82. The van der Waals surface area contributed by atoms with E-state index in [1.807, 2.05) is 24.3 Å². The Kier molecular flexibility index (Phi) is 6.02. The summed E-state index contributed by atoms with van der Waals surface area (Å²) in [5.41, 5.74) is 2.89. The Balaban J connectivity index is 1.64. The summed E-state index contributed by atoms with van der Waals surface area (Å²) in [6, 6.07) is 9.28. The number of hydrogen-bond donors (Lipinski definition) is 0. The predicted molar refractivity (Wildman–Crippen MR) is 110 cm³/mol. The Labute approximate surface area is 171 Å². The minimum Gasteiger partial charge on any atom is -0.497 e. The summed E-state index contributed by atoms with van der Waals surface area (Å²) in [5, 5.41) is 0. The highest BCUT2D eigenvalue weighted by atomic mass is 16.5. The molecule has 0 unspecified atom stereocenters. The number of nitrogens with zero attached hydrogens (tertiary/aromatic N) is 1. The number of carbonyl (C=O) groups excluding carboxylic acids is 1. The number of fused-ring (bicyclic) bond motifs is 3. The third kappa shape index (κ3) is 3.95. The smallest absolute Gasteiger partial charge is 0.194 e. The van der Waals surface area contributed by atoms with Crippen LogP contribution in [0.15, 0.2) is 30.3 Å². The molecule has 0 amide bonds. The van der Waals surface area contributed by atoms with Crippen LogP contribution in [0.4, 0.5) is 0 Å². The van der Waals surface area contributed by atoms with E-state index < -0.39 is 0 Å². The molecule has 0 N–H and O–H groups in total. The van der Waals surface area contributed by atoms with E-state index in [1.54, 1.807) is 13.2 Å². The first kappa shape index (κ1) is 19.7. The Morgan fingerprint density at radius 2 is 1.76 bits per heavy atom. The molecule has 0 radical (unpaired) electrons. The van der Waals surface area contributed by atoms with E-state index in [-0.39, 0.29) is 5.78 Å². The lowest BCUT2D eigenvalue weighted by molar-refractivity contribution is 0.0323. The molecule has 0 saturated carbocycles. The van der Waals surface area contributed by atoms with Crippen molar-refractivity contribution in [1.29, 1.82) is 0 Å². The Hall–Kier alpha value is -2.57. The third-order valence-electron chi connectivity index (χ3n) is 5.31. The van der Waals surface area contributed by atoms with Crippen LogP contribution >= 0.6 is 0 Å². The van der Waals surface area contributed by atoms with Crippen molar-refractivity contribution in [1.82, 2.24) is 4.90 Å². The summed E-state index contributed by atoms with van der Waals surface area (Å²) >= 11 is 0. The highest BCUT2D eigenvalue weighted by Crippen LogP contribution is 2.48. The van der Waals surface area contributed by atoms with Crippen molar-refractivity contribution in [3.63, 3.8) is 0 Å². The normalized spacial score (nSPS) is 15.7. The molecule has 2 aliphatic rings. The molecule has 0 spiro atoms. The topological polar surface area (TPSA) is 57.2 Å². The van der Waals surface area contributed by atoms with Gasteiger partial charge in [0.25, 0.3) is 0 Å². The molecule has 0 atom stereocenters. The van der Waals surface area contributed by atoms with Crippen LogP contribution in [0.3, 0.4) is 0 Å². The van der Waals surface area contributed by atoms with Gasteiger partial charge in [-0.1, -0.05) is 19.1 Å². The van der Waals surface area contributed by atoms with Crippen LogP contribution in [0.5, 0.6) is 17.2 Å². The number of rotatable bonds is 8. The number of morpholine rings is 1. The highest BCUT2D eigenvalue weighted by Gasteiger charge is 2.33. The van der Waals surface area contributed by atoms with Gasteiger partial charge in [-0.05, 0) is 18.6 Å². The van der Waals surface area contributed by atoms with Crippen molar-refractivity contribution in [3.8, 4) is 28.4 Å². The van der Waals surface area contributed by atoms with Crippen LogP contribution in [0.2, 0.25) is 0 Å². The van der Waals surface area contributed by atoms with Gasteiger partial charge in [0.1, 0.15) is 23.9 Å². The zero-order valence-electron chi connectivity index (χ0n) is 17.0. The van der Waals surface area contributed by atoms with Gasteiger partial charge in [0.2, 0.25) is 0 Å². The van der Waals surface area contributed by atoms with Gasteiger partial charge in [0, 0.05) is 48.0 Å². The lowest BCUT2D eigenvalue weighted by Crippen LogP contribution is -2.38. The Morgan fingerprint density at radius 3 is 2.52 bits per heavy atom. The van der Waals surface area contributed by atoms with Crippen LogP contribution in [0.25, 0.3) is 11.1 Å². The van der Waals surface area contributed by atoms with Gasteiger partial charge >= 0.3 is 0 Å². The van der Waals surface area contributed by atoms with Crippen molar-refractivity contribution in [2.45, 2.75) is 13.3 Å². The molecule has 29 heavy (non-hydrogen) atoms. The van der Waals surface area contributed by atoms with E-state index in [4.69, 9.17) is 18.9 Å². The van der Waals surface area contributed by atoms with Crippen LogP contribution in [-0.4, -0.2) is 63.9 Å². The van der Waals surface area contributed by atoms with Crippen molar-refractivity contribution in [2.24, 2.45) is 0 Å². The highest BCUT2D eigenvalue weighted by molar-refractivity contribution is 6.23. The molecule has 6 nitrogen and oxygen atoms in total. The zero-order valence-corrected chi connectivity index (χ0v) is 17.0. The fraction of sp³-hybridized carbons (Fsp3) is 0.435. The van der Waals surface area contributed by atoms with Crippen molar-refractivity contribution >= 4 is 5.78 Å². The minimum absolute atomic E-state index is 0.0196. The third-order valence-corrected chi connectivity index (χ3v) is 5.31. The van der Waals surface area contributed by atoms with E-state index in [1.165, 1.54) is 0 Å². The second-order valence-corrected chi connectivity index (χ2v) is 7.21. The molecule has 1 aliphatic heterocycles. The molecule has 6 heteroatoms. The molecule has 4 rings (SSSR count). The van der Waals surface area contributed by atoms with Crippen LogP contribution in [-0.2, 0) is 4.74 Å². The molecular formula is C23H27NO5. The predicted octanol–water partition coefficient (Wildman–Crippen LogP) is 3.41. The standard InChI is InChI=1S/C23H27NO5/c1-3-10-28-20-15-16(26-2)14-18-22(20)21-17(23(18)25)5-4-6-19(21)29-13-9-24-7-11-27-12-8-24/h4-6,14-15H,3,7-13H2,1-2H3. The number of ether oxygens (including phenoxy) is 4. The maximum atomic E-state index is 13.1. The number of ketones is 1. The van der Waals surface area contributed by atoms with Crippen molar-refractivity contribution in [2.75, 3.05) is 53.2 Å². The molecule has 1 fully saturated rings. The SMILES string of the molecule is CCCOc1cc(OC)cc2c1-c1c(OCCN3CCOCC3)cccc1C2=O. The van der Waals surface area contributed by atoms with Gasteiger partial charge in [-0.2, -0.15) is 0 Å². The van der Waals surface area contributed by atoms with Crippen LogP contribution in [0, 0.1) is 0 Å². The molecule has 154 valence electrons. The summed E-state index contributed by atoms with van der Waals surface area (Å²) in [6.45, 7) is 7.39. The molecule has 1 heterocycles. The molecule has 0 aromatic heterocycles. The van der Waals surface area contributed by atoms with E-state index in [0.717, 1.165) is 56.1 Å². The molecule has 1 aliphatic carbocycles. The first-order valence-corrected chi connectivity index (χ1v) is 10.2. The largest absolute Gasteiger partial charge is 0.497 e. The Bertz CT molecular complexity index is 889. The van der Waals surface area contributed by atoms with Crippen molar-refractivity contribution < 1.29 is 23.7 Å². The second-order valence-electron chi connectivity index (χ2n) is 7.21. The zero-order chi connectivity index (χ0) is 20.2. The maximum Gasteiger partial charge on any atom is 0.194 e. The van der Waals surface area contributed by atoms with Gasteiger partial charge in [0.15, 0.2) is 5.78 Å². The van der Waals surface area contributed by atoms with Crippen LogP contribution < -0.4 is 14.2 Å². The van der Waals surface area contributed by atoms with Crippen LogP contribution in [0.1, 0.15) is 29.3 Å². The molecular weight excluding hydrogens is 370 g/mol. The van der Waals surface area contributed by atoms with Gasteiger partial charge in [-0.15, -0.1) is 0 Å². The molecule has 2 aromatic rings. The van der Waals surface area contributed by atoms with E-state index >= 15 is 0 Å². The molecule has 1 saturated heterocycles. The summed E-state index contributed by atoms with van der Waals surface area (Å²) in [5.74, 6) is 1.98. The summed E-state index contributed by atoms with van der Waals surface area (Å²) in [6.07, 6.45) is 0.879. The van der Waals surface area contributed by atoms with Gasteiger partial charge in [-0.3, -0.25) is 9.69 Å². The average Bonchev–Trinajstić information content (AvgIpc) is 3.06. The number of methoxy groups -OCH3 is 1. The minimum atomic E-state index is -0.0196.